The molecule has 0 aliphatic rings. The highest BCUT2D eigenvalue weighted by Crippen LogP contribution is 2.21. The molecule has 0 radical (unpaired) electrons. The molecule has 2 aromatic rings. The highest BCUT2D eigenvalue weighted by Gasteiger charge is 2.34. The molecule has 0 saturated carbocycles. The minimum Gasteiger partial charge on any atom is -0.349 e. The molecule has 1 aromatic heterocycles. The summed E-state index contributed by atoms with van der Waals surface area (Å²) in [4.78, 5) is 42.1. The average Bonchev–Trinajstić information content (AvgIpc) is 2.80. The van der Waals surface area contributed by atoms with Gasteiger partial charge >= 0.3 is 0 Å². The van der Waals surface area contributed by atoms with Crippen LogP contribution in [0.5, 0.6) is 0 Å². The van der Waals surface area contributed by atoms with Gasteiger partial charge in [-0.3, -0.25) is 24.6 Å². The van der Waals surface area contributed by atoms with Gasteiger partial charge in [0.1, 0.15) is 11.4 Å². The molecule has 4 N–H and O–H groups in total. The highest BCUT2D eigenvalue weighted by atomic mass is 35.5. The van der Waals surface area contributed by atoms with Crippen molar-refractivity contribution in [1.29, 1.82) is 0 Å². The number of hydrogen-bond donors (Lipinski definition) is 4. The van der Waals surface area contributed by atoms with Crippen LogP contribution in [0.25, 0.3) is 0 Å². The van der Waals surface area contributed by atoms with Crippen molar-refractivity contribution in [3.8, 4) is 0 Å². The topological polar surface area (TPSA) is 120 Å². The van der Waals surface area contributed by atoms with E-state index in [1.165, 1.54) is 5.48 Å². The molecule has 0 bridgehead atoms. The van der Waals surface area contributed by atoms with Crippen LogP contribution in [0, 0.1) is 11.8 Å². The summed E-state index contributed by atoms with van der Waals surface area (Å²) in [5, 5.41) is 13.2. The van der Waals surface area contributed by atoms with Gasteiger partial charge in [-0.1, -0.05) is 50.2 Å². The number of hydrogen-bond acceptors (Lipinski definition) is 5. The Kier molecular flexibility index (Phi) is 10.1. The summed E-state index contributed by atoms with van der Waals surface area (Å²) >= 11 is 6.16. The SMILES string of the molecule is CC(C)C[C@@H](C(=O)N[C@@H](Cc1ccccc1)C(=O)NCc1ccccn1)[C@@H](Cl)C(=O)NO. The van der Waals surface area contributed by atoms with E-state index in [2.05, 4.69) is 15.6 Å². The zero-order chi connectivity index (χ0) is 23.5. The van der Waals surface area contributed by atoms with Gasteiger partial charge in [-0.25, -0.2) is 5.48 Å². The number of alkyl halides is 1. The molecule has 0 aliphatic heterocycles. The number of carbonyl (C=O) groups excluding carboxylic acids is 3. The largest absolute Gasteiger partial charge is 0.349 e. The minimum atomic E-state index is -1.28. The van der Waals surface area contributed by atoms with E-state index in [9.17, 15) is 14.4 Å². The lowest BCUT2D eigenvalue weighted by atomic mass is 9.92. The van der Waals surface area contributed by atoms with Crippen molar-refractivity contribution in [1.82, 2.24) is 21.1 Å². The molecule has 2 rings (SSSR count). The van der Waals surface area contributed by atoms with E-state index in [1.54, 1.807) is 18.3 Å². The third-order valence-electron chi connectivity index (χ3n) is 4.86. The number of nitrogens with one attached hydrogen (secondary N) is 3. The number of hydroxylamine groups is 1. The van der Waals surface area contributed by atoms with E-state index in [4.69, 9.17) is 16.8 Å². The number of aromatic nitrogens is 1. The Labute approximate surface area is 192 Å². The number of halogens is 1. The summed E-state index contributed by atoms with van der Waals surface area (Å²) in [7, 11) is 0. The van der Waals surface area contributed by atoms with Crippen LogP contribution in [0.1, 0.15) is 31.5 Å². The summed E-state index contributed by atoms with van der Waals surface area (Å²) < 4.78 is 0. The Morgan fingerprint density at radius 3 is 2.28 bits per heavy atom. The van der Waals surface area contributed by atoms with Crippen LogP contribution in [0.4, 0.5) is 0 Å². The Morgan fingerprint density at radius 2 is 1.69 bits per heavy atom. The van der Waals surface area contributed by atoms with Gasteiger partial charge in [0.2, 0.25) is 11.8 Å². The van der Waals surface area contributed by atoms with E-state index in [1.807, 2.05) is 50.2 Å². The molecular formula is C23H29ClN4O4. The second-order valence-corrected chi connectivity index (χ2v) is 8.37. The van der Waals surface area contributed by atoms with Crippen molar-refractivity contribution < 1.29 is 19.6 Å². The highest BCUT2D eigenvalue weighted by molar-refractivity contribution is 6.32. The van der Waals surface area contributed by atoms with E-state index in [-0.39, 0.29) is 24.8 Å². The van der Waals surface area contributed by atoms with Crippen molar-refractivity contribution in [3.05, 3.63) is 66.0 Å². The maximum absolute atomic E-state index is 13.1. The number of carbonyl (C=O) groups is 3. The van der Waals surface area contributed by atoms with Crippen molar-refractivity contribution >= 4 is 29.3 Å². The third-order valence-corrected chi connectivity index (χ3v) is 5.36. The normalized spacial score (nSPS) is 13.7. The van der Waals surface area contributed by atoms with Crippen LogP contribution in [0.2, 0.25) is 0 Å². The number of rotatable bonds is 11. The average molecular weight is 461 g/mol. The molecule has 0 saturated heterocycles. The molecule has 1 heterocycles. The molecule has 0 aliphatic carbocycles. The standard InChI is InChI=1S/C23H29ClN4O4/c1-15(2)12-18(20(24)23(31)28-32)21(29)27-19(13-16-8-4-3-5-9-16)22(30)26-14-17-10-6-7-11-25-17/h3-11,15,18-20,32H,12-14H2,1-2H3,(H,26,30)(H,27,29)(H,28,31)/t18-,19+,20-/m1/s1. The lowest BCUT2D eigenvalue weighted by Gasteiger charge is -2.25. The van der Waals surface area contributed by atoms with Crippen LogP contribution in [-0.4, -0.2) is 39.3 Å². The van der Waals surface area contributed by atoms with Gasteiger partial charge < -0.3 is 10.6 Å². The molecule has 8 nitrogen and oxygen atoms in total. The van der Waals surface area contributed by atoms with E-state index in [0.717, 1.165) is 5.56 Å². The van der Waals surface area contributed by atoms with Gasteiger partial charge in [-0.15, -0.1) is 11.6 Å². The summed E-state index contributed by atoms with van der Waals surface area (Å²) in [6.45, 7) is 3.99. The first kappa shape index (κ1) is 25.3. The Hall–Kier alpha value is -2.97. The molecule has 3 amide bonds. The Balaban J connectivity index is 2.18. The maximum Gasteiger partial charge on any atom is 0.262 e. The molecule has 9 heteroatoms. The lowest BCUT2D eigenvalue weighted by molar-refractivity contribution is -0.136. The zero-order valence-electron chi connectivity index (χ0n) is 18.1. The first-order chi connectivity index (χ1) is 15.3. The first-order valence-corrected chi connectivity index (χ1v) is 10.8. The molecular weight excluding hydrogens is 432 g/mol. The fourth-order valence-corrected chi connectivity index (χ4v) is 3.52. The lowest BCUT2D eigenvalue weighted by Crippen LogP contribution is -2.52. The second-order valence-electron chi connectivity index (χ2n) is 7.90. The number of pyridine rings is 1. The Morgan fingerprint density at radius 1 is 1.00 bits per heavy atom. The number of amides is 3. The Bertz CT molecular complexity index is 880. The van der Waals surface area contributed by atoms with E-state index in [0.29, 0.717) is 12.1 Å². The van der Waals surface area contributed by atoms with E-state index >= 15 is 0 Å². The quantitative estimate of drug-likeness (QED) is 0.233. The minimum absolute atomic E-state index is 0.0593. The van der Waals surface area contributed by atoms with Crippen molar-refractivity contribution in [2.45, 2.75) is 44.7 Å². The number of nitrogens with zero attached hydrogens (tertiary/aromatic N) is 1. The van der Waals surface area contributed by atoms with Crippen LogP contribution >= 0.6 is 11.6 Å². The third kappa shape index (κ3) is 7.94. The van der Waals surface area contributed by atoms with Crippen LogP contribution in [0.3, 0.4) is 0 Å². The monoisotopic (exact) mass is 460 g/mol. The fraction of sp³-hybridized carbons (Fsp3) is 0.391. The molecule has 32 heavy (non-hydrogen) atoms. The smallest absolute Gasteiger partial charge is 0.262 e. The van der Waals surface area contributed by atoms with Gasteiger partial charge in [0.15, 0.2) is 0 Å². The summed E-state index contributed by atoms with van der Waals surface area (Å²) in [6, 6.07) is 13.8. The van der Waals surface area contributed by atoms with Gasteiger partial charge in [-0.2, -0.15) is 0 Å². The summed E-state index contributed by atoms with van der Waals surface area (Å²) in [5.74, 6) is -2.65. The van der Waals surface area contributed by atoms with Crippen LogP contribution in [0.15, 0.2) is 54.7 Å². The maximum atomic E-state index is 13.1. The molecule has 0 spiro atoms. The van der Waals surface area contributed by atoms with E-state index < -0.39 is 29.2 Å². The number of benzene rings is 1. The second kappa shape index (κ2) is 12.8. The van der Waals surface area contributed by atoms with Crippen molar-refractivity contribution in [3.63, 3.8) is 0 Å². The fourth-order valence-electron chi connectivity index (χ4n) is 3.25. The van der Waals surface area contributed by atoms with Gasteiger partial charge in [0.05, 0.1) is 18.2 Å². The van der Waals surface area contributed by atoms with Crippen LogP contribution in [-0.2, 0) is 27.3 Å². The predicted octanol–water partition coefficient (Wildman–Crippen LogP) is 2.20. The zero-order valence-corrected chi connectivity index (χ0v) is 18.9. The molecule has 0 fully saturated rings. The van der Waals surface area contributed by atoms with Crippen molar-refractivity contribution in [2.75, 3.05) is 0 Å². The van der Waals surface area contributed by atoms with Crippen LogP contribution < -0.4 is 16.1 Å². The summed E-state index contributed by atoms with van der Waals surface area (Å²) in [5.41, 5.74) is 3.04. The molecule has 172 valence electrons. The van der Waals surface area contributed by atoms with Gasteiger partial charge in [0, 0.05) is 12.6 Å². The molecule has 3 atom stereocenters. The van der Waals surface area contributed by atoms with Crippen molar-refractivity contribution in [2.24, 2.45) is 11.8 Å². The van der Waals surface area contributed by atoms with Gasteiger partial charge in [0.25, 0.3) is 5.91 Å². The first-order valence-electron chi connectivity index (χ1n) is 10.4. The summed E-state index contributed by atoms with van der Waals surface area (Å²) in [6.07, 6.45) is 2.20. The molecule has 1 aromatic carbocycles. The predicted molar refractivity (Wildman–Crippen MR) is 121 cm³/mol. The van der Waals surface area contributed by atoms with Gasteiger partial charge in [-0.05, 0) is 30.0 Å². The molecule has 0 unspecified atom stereocenters.